The van der Waals surface area contributed by atoms with Gasteiger partial charge in [-0.05, 0) is 63.1 Å². The average molecular weight is 351 g/mol. The lowest BCUT2D eigenvalue weighted by molar-refractivity contribution is 0.0573. The van der Waals surface area contributed by atoms with Crippen LogP contribution >= 0.6 is 0 Å². The van der Waals surface area contributed by atoms with Crippen LogP contribution in [-0.2, 0) is 0 Å². The van der Waals surface area contributed by atoms with Crippen molar-refractivity contribution in [2.75, 3.05) is 26.2 Å². The third-order valence-electron chi connectivity index (χ3n) is 6.09. The van der Waals surface area contributed by atoms with Crippen LogP contribution in [0.4, 0.5) is 0 Å². The van der Waals surface area contributed by atoms with Gasteiger partial charge in [0, 0.05) is 54.9 Å². The zero-order valence-corrected chi connectivity index (χ0v) is 15.9. The van der Waals surface area contributed by atoms with Crippen LogP contribution in [0.1, 0.15) is 47.4 Å². The molecule has 0 unspecified atom stereocenters. The van der Waals surface area contributed by atoms with Gasteiger partial charge in [0.2, 0.25) is 0 Å². The Bertz CT molecular complexity index is 744. The molecule has 0 radical (unpaired) electrons. The average Bonchev–Trinajstić information content (AvgIpc) is 3.32. The Kier molecular flexibility index (Phi) is 4.86. The fraction of sp³-hybridized carbons (Fsp3) is 0.500. The van der Waals surface area contributed by atoms with Gasteiger partial charge >= 0.3 is 0 Å². The van der Waals surface area contributed by atoms with Crippen LogP contribution in [-0.4, -0.2) is 52.5 Å². The Morgan fingerprint density at radius 1 is 0.846 bits per heavy atom. The number of rotatable bonds is 3. The Hall–Kier alpha value is -2.07. The van der Waals surface area contributed by atoms with Gasteiger partial charge in [-0.2, -0.15) is 0 Å². The van der Waals surface area contributed by atoms with Crippen LogP contribution in [0.15, 0.2) is 36.4 Å². The van der Waals surface area contributed by atoms with E-state index in [4.69, 9.17) is 0 Å². The number of carbonyl (C=O) groups excluding carboxylic acids is 1. The van der Waals surface area contributed by atoms with Gasteiger partial charge in [0.05, 0.1) is 0 Å². The van der Waals surface area contributed by atoms with Crippen LogP contribution < -0.4 is 0 Å². The Labute approximate surface area is 156 Å². The van der Waals surface area contributed by atoms with E-state index in [0.29, 0.717) is 0 Å². The Morgan fingerprint density at radius 3 is 2.00 bits per heavy atom. The fourth-order valence-corrected chi connectivity index (χ4v) is 4.57. The van der Waals surface area contributed by atoms with Crippen molar-refractivity contribution in [3.8, 4) is 5.69 Å². The van der Waals surface area contributed by atoms with Crippen molar-refractivity contribution < 1.29 is 4.79 Å². The van der Waals surface area contributed by atoms with Gasteiger partial charge in [0.25, 0.3) is 5.91 Å². The quantitative estimate of drug-likeness (QED) is 0.842. The number of nitrogens with zero attached hydrogens (tertiary/aromatic N) is 3. The summed E-state index contributed by atoms with van der Waals surface area (Å²) >= 11 is 0. The minimum Gasteiger partial charge on any atom is -0.336 e. The first-order valence-electron chi connectivity index (χ1n) is 9.92. The molecule has 1 saturated carbocycles. The molecule has 4 nitrogen and oxygen atoms in total. The van der Waals surface area contributed by atoms with Crippen LogP contribution in [0.5, 0.6) is 0 Å². The minimum absolute atomic E-state index is 0.170. The molecule has 26 heavy (non-hydrogen) atoms. The molecular formula is C22H29N3O. The molecule has 4 heteroatoms. The van der Waals surface area contributed by atoms with Crippen molar-refractivity contribution in [2.45, 2.75) is 45.6 Å². The molecule has 0 atom stereocenters. The van der Waals surface area contributed by atoms with Crippen LogP contribution in [0, 0.1) is 13.8 Å². The smallest absolute Gasteiger partial charge is 0.253 e. The van der Waals surface area contributed by atoms with Gasteiger partial charge in [-0.1, -0.05) is 12.8 Å². The number of hydrogen-bond donors (Lipinski definition) is 0. The minimum atomic E-state index is 0.170. The van der Waals surface area contributed by atoms with E-state index >= 15 is 0 Å². The molecule has 0 spiro atoms. The summed E-state index contributed by atoms with van der Waals surface area (Å²) in [6.07, 6.45) is 5.42. The van der Waals surface area contributed by atoms with Crippen molar-refractivity contribution in [2.24, 2.45) is 0 Å². The monoisotopic (exact) mass is 351 g/mol. The lowest BCUT2D eigenvalue weighted by Crippen LogP contribution is -2.51. The predicted octanol–water partition coefficient (Wildman–Crippen LogP) is 3.79. The normalized spacial score (nSPS) is 19.2. The maximum absolute atomic E-state index is 12.9. The predicted molar refractivity (Wildman–Crippen MR) is 105 cm³/mol. The van der Waals surface area contributed by atoms with Crippen molar-refractivity contribution in [1.29, 1.82) is 0 Å². The first kappa shape index (κ1) is 17.3. The highest BCUT2D eigenvalue weighted by atomic mass is 16.2. The molecule has 1 aromatic carbocycles. The Balaban J connectivity index is 1.41. The standard InChI is InChI=1S/C22H29N3O/c1-17-7-8-18(2)25(17)21-11-9-19(10-12-21)22(26)24-15-13-23(14-16-24)20-5-3-4-6-20/h7-12,20H,3-6,13-16H2,1-2H3. The number of amides is 1. The summed E-state index contributed by atoms with van der Waals surface area (Å²) in [5.74, 6) is 0.170. The second-order valence-corrected chi connectivity index (χ2v) is 7.76. The molecule has 1 saturated heterocycles. The molecule has 1 aliphatic heterocycles. The van der Waals surface area contributed by atoms with E-state index in [0.717, 1.165) is 43.5 Å². The maximum Gasteiger partial charge on any atom is 0.253 e. The third-order valence-corrected chi connectivity index (χ3v) is 6.09. The first-order chi connectivity index (χ1) is 12.6. The lowest BCUT2D eigenvalue weighted by atomic mass is 10.1. The topological polar surface area (TPSA) is 28.5 Å². The van der Waals surface area contributed by atoms with Crippen LogP contribution in [0.2, 0.25) is 0 Å². The number of piperazine rings is 1. The second kappa shape index (κ2) is 7.28. The highest BCUT2D eigenvalue weighted by molar-refractivity contribution is 5.94. The van der Waals surface area contributed by atoms with Crippen molar-refractivity contribution in [3.05, 3.63) is 53.3 Å². The first-order valence-corrected chi connectivity index (χ1v) is 9.92. The molecule has 2 fully saturated rings. The van der Waals surface area contributed by atoms with Gasteiger partial charge < -0.3 is 9.47 Å². The van der Waals surface area contributed by atoms with Crippen molar-refractivity contribution in [3.63, 3.8) is 0 Å². The van der Waals surface area contributed by atoms with Gasteiger partial charge in [-0.25, -0.2) is 0 Å². The second-order valence-electron chi connectivity index (χ2n) is 7.76. The third kappa shape index (κ3) is 3.30. The van der Waals surface area contributed by atoms with E-state index in [1.165, 1.54) is 37.1 Å². The summed E-state index contributed by atoms with van der Waals surface area (Å²) in [7, 11) is 0. The largest absolute Gasteiger partial charge is 0.336 e. The number of carbonyl (C=O) groups is 1. The zero-order valence-electron chi connectivity index (χ0n) is 15.9. The van der Waals surface area contributed by atoms with E-state index in [9.17, 15) is 4.79 Å². The van der Waals surface area contributed by atoms with Crippen molar-refractivity contribution >= 4 is 5.91 Å². The van der Waals surface area contributed by atoms with E-state index in [1.807, 2.05) is 17.0 Å². The summed E-state index contributed by atoms with van der Waals surface area (Å²) < 4.78 is 2.22. The molecule has 0 N–H and O–H groups in total. The van der Waals surface area contributed by atoms with Crippen LogP contribution in [0.25, 0.3) is 5.69 Å². The molecule has 1 aromatic heterocycles. The zero-order chi connectivity index (χ0) is 18.1. The highest BCUT2D eigenvalue weighted by Gasteiger charge is 2.28. The van der Waals surface area contributed by atoms with Crippen LogP contribution in [0.3, 0.4) is 0 Å². The molecule has 138 valence electrons. The number of aryl methyl sites for hydroxylation is 2. The Morgan fingerprint density at radius 2 is 1.42 bits per heavy atom. The van der Waals surface area contributed by atoms with Gasteiger partial charge in [0.15, 0.2) is 0 Å². The number of benzene rings is 1. The summed E-state index contributed by atoms with van der Waals surface area (Å²) in [5, 5.41) is 0. The molecule has 2 aromatic rings. The molecule has 2 heterocycles. The summed E-state index contributed by atoms with van der Waals surface area (Å²) in [6.45, 7) is 7.97. The molecule has 1 amide bonds. The summed E-state index contributed by atoms with van der Waals surface area (Å²) in [5.41, 5.74) is 4.34. The molecule has 4 rings (SSSR count). The van der Waals surface area contributed by atoms with E-state index in [2.05, 4.69) is 47.6 Å². The molecule has 0 bridgehead atoms. The van der Waals surface area contributed by atoms with E-state index in [1.54, 1.807) is 0 Å². The highest BCUT2D eigenvalue weighted by Crippen LogP contribution is 2.25. The van der Waals surface area contributed by atoms with Crippen molar-refractivity contribution in [1.82, 2.24) is 14.4 Å². The molecular weight excluding hydrogens is 322 g/mol. The van der Waals surface area contributed by atoms with E-state index in [-0.39, 0.29) is 5.91 Å². The lowest BCUT2D eigenvalue weighted by Gasteiger charge is -2.38. The van der Waals surface area contributed by atoms with Gasteiger partial charge in [-0.3, -0.25) is 9.69 Å². The van der Waals surface area contributed by atoms with E-state index < -0.39 is 0 Å². The fourth-order valence-electron chi connectivity index (χ4n) is 4.57. The maximum atomic E-state index is 12.9. The van der Waals surface area contributed by atoms with Gasteiger partial charge in [0.1, 0.15) is 0 Å². The summed E-state index contributed by atoms with van der Waals surface area (Å²) in [6, 6.07) is 13.1. The SMILES string of the molecule is Cc1ccc(C)n1-c1ccc(C(=O)N2CCN(C3CCCC3)CC2)cc1. The molecule has 2 aliphatic rings. The summed E-state index contributed by atoms with van der Waals surface area (Å²) in [4.78, 5) is 17.5. The van der Waals surface area contributed by atoms with Gasteiger partial charge in [-0.15, -0.1) is 0 Å². The number of aromatic nitrogens is 1. The number of hydrogen-bond acceptors (Lipinski definition) is 2. The molecule has 1 aliphatic carbocycles.